The second-order valence-corrected chi connectivity index (χ2v) is 3.48. The quantitative estimate of drug-likeness (QED) is 0.678. The molecule has 0 aliphatic rings. The Morgan fingerprint density at radius 2 is 2.25 bits per heavy atom. The summed E-state index contributed by atoms with van der Waals surface area (Å²) < 4.78 is 15.1. The number of aryl methyl sites for hydroxylation is 1. The number of hydrogen-bond acceptors (Lipinski definition) is 1. The van der Waals surface area contributed by atoms with E-state index < -0.39 is 0 Å². The number of aromatic nitrogens is 2. The first-order valence-corrected chi connectivity index (χ1v) is 4.24. The molecule has 0 saturated carbocycles. The highest BCUT2D eigenvalue weighted by Crippen LogP contribution is 2.21. The second-order valence-electron chi connectivity index (χ2n) is 2.63. The minimum absolute atomic E-state index is 0.277. The average molecular weight is 229 g/mol. The third-order valence-electron chi connectivity index (χ3n) is 1.66. The average Bonchev–Trinajstić information content (AvgIpc) is 2.30. The zero-order chi connectivity index (χ0) is 8.72. The van der Waals surface area contributed by atoms with Gasteiger partial charge in [-0.2, -0.15) is 5.10 Å². The maximum absolute atomic E-state index is 13.0. The summed E-state index contributed by atoms with van der Waals surface area (Å²) in [6.45, 7) is 0. The third kappa shape index (κ3) is 1.12. The standard InChI is InChI=1S/C8H6BrFN2/c1-12-4-5-2-6(9)7(10)3-8(5)11-12/h2-4H,1H3. The van der Waals surface area contributed by atoms with E-state index in [4.69, 9.17) is 0 Å². The van der Waals surface area contributed by atoms with Gasteiger partial charge in [0.15, 0.2) is 0 Å². The predicted molar refractivity (Wildman–Crippen MR) is 48.4 cm³/mol. The molecule has 12 heavy (non-hydrogen) atoms. The van der Waals surface area contributed by atoms with Crippen LogP contribution < -0.4 is 0 Å². The Labute approximate surface area is 77.1 Å². The fourth-order valence-corrected chi connectivity index (χ4v) is 1.50. The molecule has 1 aromatic heterocycles. The van der Waals surface area contributed by atoms with Crippen LogP contribution in [-0.2, 0) is 7.05 Å². The molecule has 2 rings (SSSR count). The van der Waals surface area contributed by atoms with E-state index in [2.05, 4.69) is 21.0 Å². The summed E-state index contributed by atoms with van der Waals surface area (Å²) in [6, 6.07) is 3.14. The van der Waals surface area contributed by atoms with Gasteiger partial charge in [0, 0.05) is 24.7 Å². The van der Waals surface area contributed by atoms with Crippen molar-refractivity contribution >= 4 is 26.8 Å². The minimum atomic E-state index is -0.277. The molecule has 0 spiro atoms. The number of fused-ring (bicyclic) bond motifs is 1. The maximum atomic E-state index is 13.0. The summed E-state index contributed by atoms with van der Waals surface area (Å²) in [4.78, 5) is 0. The smallest absolute Gasteiger partial charge is 0.139 e. The van der Waals surface area contributed by atoms with E-state index in [9.17, 15) is 4.39 Å². The molecule has 0 atom stereocenters. The molecule has 0 amide bonds. The van der Waals surface area contributed by atoms with Gasteiger partial charge in [0.2, 0.25) is 0 Å². The summed E-state index contributed by atoms with van der Waals surface area (Å²) in [7, 11) is 1.81. The molecule has 0 N–H and O–H groups in total. The molecule has 0 aliphatic heterocycles. The molecule has 2 nitrogen and oxygen atoms in total. The zero-order valence-corrected chi connectivity index (χ0v) is 7.97. The molecule has 62 valence electrons. The van der Waals surface area contributed by atoms with Crippen LogP contribution in [0, 0.1) is 5.82 Å². The second kappa shape index (κ2) is 2.55. The summed E-state index contributed by atoms with van der Waals surface area (Å²) in [5, 5.41) is 5.01. The van der Waals surface area contributed by atoms with Crippen molar-refractivity contribution in [1.82, 2.24) is 9.78 Å². The van der Waals surface area contributed by atoms with Gasteiger partial charge >= 0.3 is 0 Å². The lowest BCUT2D eigenvalue weighted by atomic mass is 10.2. The largest absolute Gasteiger partial charge is 0.275 e. The molecular weight excluding hydrogens is 223 g/mol. The number of nitrogens with zero attached hydrogens (tertiary/aromatic N) is 2. The summed E-state index contributed by atoms with van der Waals surface area (Å²) in [5.41, 5.74) is 0.679. The van der Waals surface area contributed by atoms with Crippen LogP contribution in [0.15, 0.2) is 22.8 Å². The monoisotopic (exact) mass is 228 g/mol. The van der Waals surface area contributed by atoms with E-state index in [1.165, 1.54) is 6.07 Å². The molecular formula is C8H6BrFN2. The SMILES string of the molecule is Cn1cc2cc(Br)c(F)cc2n1. The molecule has 4 heteroatoms. The Hall–Kier alpha value is -0.900. The van der Waals surface area contributed by atoms with E-state index in [0.29, 0.717) is 9.99 Å². The van der Waals surface area contributed by atoms with Crippen molar-refractivity contribution in [3.8, 4) is 0 Å². The highest BCUT2D eigenvalue weighted by molar-refractivity contribution is 9.10. The predicted octanol–water partition coefficient (Wildman–Crippen LogP) is 2.47. The first-order valence-electron chi connectivity index (χ1n) is 3.45. The van der Waals surface area contributed by atoms with Crippen LogP contribution in [0.5, 0.6) is 0 Å². The van der Waals surface area contributed by atoms with Crippen molar-refractivity contribution in [2.75, 3.05) is 0 Å². The van der Waals surface area contributed by atoms with Crippen LogP contribution in [-0.4, -0.2) is 9.78 Å². The Morgan fingerprint density at radius 3 is 3.00 bits per heavy atom. The van der Waals surface area contributed by atoms with E-state index in [1.807, 2.05) is 13.2 Å². The van der Waals surface area contributed by atoms with Crippen LogP contribution in [0.1, 0.15) is 0 Å². The van der Waals surface area contributed by atoms with Gasteiger partial charge in [0.1, 0.15) is 5.82 Å². The molecule has 0 radical (unpaired) electrons. The first-order chi connectivity index (χ1) is 5.66. The van der Waals surface area contributed by atoms with Crippen LogP contribution in [0.3, 0.4) is 0 Å². The fraction of sp³-hybridized carbons (Fsp3) is 0.125. The molecule has 0 fully saturated rings. The van der Waals surface area contributed by atoms with E-state index in [-0.39, 0.29) is 5.82 Å². The number of hydrogen-bond donors (Lipinski definition) is 0. The Kier molecular flexibility index (Phi) is 1.65. The van der Waals surface area contributed by atoms with Crippen molar-refractivity contribution in [3.05, 3.63) is 28.6 Å². The number of halogens is 2. The van der Waals surface area contributed by atoms with Crippen molar-refractivity contribution in [2.45, 2.75) is 0 Å². The lowest BCUT2D eigenvalue weighted by molar-refractivity contribution is 0.622. The Balaban J connectivity index is 2.83. The van der Waals surface area contributed by atoms with Gasteiger partial charge in [-0.25, -0.2) is 4.39 Å². The molecule has 2 aromatic rings. The van der Waals surface area contributed by atoms with Gasteiger partial charge in [-0.1, -0.05) is 0 Å². The van der Waals surface area contributed by atoms with Crippen LogP contribution in [0.4, 0.5) is 4.39 Å². The molecule has 0 saturated heterocycles. The highest BCUT2D eigenvalue weighted by atomic mass is 79.9. The van der Waals surface area contributed by atoms with Crippen molar-refractivity contribution in [2.24, 2.45) is 7.05 Å². The van der Waals surface area contributed by atoms with Crippen LogP contribution in [0.25, 0.3) is 10.9 Å². The molecule has 0 aliphatic carbocycles. The molecule has 1 aromatic carbocycles. The zero-order valence-electron chi connectivity index (χ0n) is 6.38. The lowest BCUT2D eigenvalue weighted by Gasteiger charge is -1.91. The summed E-state index contributed by atoms with van der Waals surface area (Å²) >= 11 is 3.11. The van der Waals surface area contributed by atoms with Crippen molar-refractivity contribution in [3.63, 3.8) is 0 Å². The first kappa shape index (κ1) is 7.73. The van der Waals surface area contributed by atoms with E-state index in [1.54, 1.807) is 10.7 Å². The van der Waals surface area contributed by atoms with Gasteiger partial charge in [-0.15, -0.1) is 0 Å². The van der Waals surface area contributed by atoms with E-state index >= 15 is 0 Å². The van der Waals surface area contributed by atoms with Crippen LogP contribution >= 0.6 is 15.9 Å². The number of benzene rings is 1. The van der Waals surface area contributed by atoms with Gasteiger partial charge in [0.25, 0.3) is 0 Å². The van der Waals surface area contributed by atoms with E-state index in [0.717, 1.165) is 5.39 Å². The minimum Gasteiger partial charge on any atom is -0.275 e. The van der Waals surface area contributed by atoms with Crippen molar-refractivity contribution < 1.29 is 4.39 Å². The Bertz CT molecular complexity index is 397. The van der Waals surface area contributed by atoms with Gasteiger partial charge in [-0.3, -0.25) is 4.68 Å². The topological polar surface area (TPSA) is 17.8 Å². The number of rotatable bonds is 0. The molecule has 0 unspecified atom stereocenters. The summed E-state index contributed by atoms with van der Waals surface area (Å²) in [5.74, 6) is -0.277. The third-order valence-corrected chi connectivity index (χ3v) is 2.27. The maximum Gasteiger partial charge on any atom is 0.139 e. The van der Waals surface area contributed by atoms with Gasteiger partial charge < -0.3 is 0 Å². The van der Waals surface area contributed by atoms with Gasteiger partial charge in [-0.05, 0) is 22.0 Å². The molecule has 0 bridgehead atoms. The van der Waals surface area contributed by atoms with Gasteiger partial charge in [0.05, 0.1) is 9.99 Å². The van der Waals surface area contributed by atoms with Crippen molar-refractivity contribution in [1.29, 1.82) is 0 Å². The fourth-order valence-electron chi connectivity index (χ4n) is 1.14. The van der Waals surface area contributed by atoms with Crippen LogP contribution in [0.2, 0.25) is 0 Å². The summed E-state index contributed by atoms with van der Waals surface area (Å²) in [6.07, 6.45) is 1.85. The molecule has 1 heterocycles. The Morgan fingerprint density at radius 1 is 1.50 bits per heavy atom. The lowest BCUT2D eigenvalue weighted by Crippen LogP contribution is -1.84. The normalized spacial score (nSPS) is 10.9. The highest BCUT2D eigenvalue weighted by Gasteiger charge is 2.03.